The van der Waals surface area contributed by atoms with Crippen LogP contribution in [0.3, 0.4) is 0 Å². The van der Waals surface area contributed by atoms with Gasteiger partial charge in [0.15, 0.2) is 6.10 Å². The Kier molecular flexibility index (Phi) is 7.69. The zero-order valence-electron chi connectivity index (χ0n) is 20.4. The highest BCUT2D eigenvalue weighted by atomic mass is 19.4. The Morgan fingerprint density at radius 2 is 1.58 bits per heavy atom. The number of alkyl halides is 6. The van der Waals surface area contributed by atoms with Crippen molar-refractivity contribution in [3.8, 4) is 0 Å². The minimum absolute atomic E-state index is 0.252. The Hall–Kier alpha value is -2.17. The molecule has 1 spiro atoms. The van der Waals surface area contributed by atoms with Gasteiger partial charge in [-0.05, 0) is 82.2 Å². The summed E-state index contributed by atoms with van der Waals surface area (Å²) < 4.78 is 84.0. The molecule has 3 aliphatic rings. The fraction of sp³-hybridized carbons (Fsp3) is 0.720. The van der Waals surface area contributed by atoms with Crippen molar-refractivity contribution >= 4 is 11.8 Å². The second-order valence-electron chi connectivity index (χ2n) is 10.2. The van der Waals surface area contributed by atoms with Crippen LogP contribution in [0.1, 0.15) is 63.0 Å². The molecule has 0 saturated carbocycles. The molecule has 0 radical (unpaired) electrons. The van der Waals surface area contributed by atoms with Crippen LogP contribution >= 0.6 is 0 Å². The van der Waals surface area contributed by atoms with Gasteiger partial charge in [0.25, 0.3) is 0 Å². The molecular weight excluding hydrogens is 488 g/mol. The van der Waals surface area contributed by atoms with E-state index in [4.69, 9.17) is 0 Å². The van der Waals surface area contributed by atoms with E-state index in [1.807, 2.05) is 11.0 Å². The van der Waals surface area contributed by atoms with E-state index in [2.05, 4.69) is 9.64 Å². The highest BCUT2D eigenvalue weighted by molar-refractivity contribution is 5.68. The van der Waals surface area contributed by atoms with Gasteiger partial charge < -0.3 is 14.5 Å². The molecule has 1 atom stereocenters. The second kappa shape index (κ2) is 10.3. The van der Waals surface area contributed by atoms with E-state index in [0.29, 0.717) is 30.6 Å². The fourth-order valence-electron chi connectivity index (χ4n) is 5.69. The average Bonchev–Trinajstić information content (AvgIpc) is 3.19. The fourth-order valence-corrected chi connectivity index (χ4v) is 5.69. The van der Waals surface area contributed by atoms with E-state index < -0.39 is 30.1 Å². The number of nitrogens with zero attached hydrogens (tertiary/aromatic N) is 3. The van der Waals surface area contributed by atoms with Gasteiger partial charge in [-0.3, -0.25) is 4.90 Å². The third-order valence-electron chi connectivity index (χ3n) is 7.83. The number of likely N-dealkylation sites (tertiary alicyclic amines) is 2. The van der Waals surface area contributed by atoms with Crippen molar-refractivity contribution in [1.82, 2.24) is 9.80 Å². The number of hydrogen-bond acceptors (Lipinski definition) is 4. The van der Waals surface area contributed by atoms with Gasteiger partial charge in [0, 0.05) is 44.0 Å². The predicted octanol–water partition coefficient (Wildman–Crippen LogP) is 6.21. The van der Waals surface area contributed by atoms with Crippen LogP contribution in [-0.2, 0) is 17.5 Å². The zero-order chi connectivity index (χ0) is 26.1. The molecule has 3 heterocycles. The highest BCUT2D eigenvalue weighted by Crippen LogP contribution is 2.41. The monoisotopic (exact) mass is 521 g/mol. The summed E-state index contributed by atoms with van der Waals surface area (Å²) in [5.41, 5.74) is 0.271. The molecule has 4 rings (SSSR count). The Morgan fingerprint density at radius 3 is 2.19 bits per heavy atom. The van der Waals surface area contributed by atoms with Gasteiger partial charge in [-0.15, -0.1) is 0 Å². The summed E-state index contributed by atoms with van der Waals surface area (Å²) >= 11 is 0. The summed E-state index contributed by atoms with van der Waals surface area (Å²) in [6.07, 6.45) is -6.42. The molecule has 202 valence electrons. The van der Waals surface area contributed by atoms with E-state index in [1.165, 1.54) is 17.0 Å². The molecule has 1 unspecified atom stereocenters. The van der Waals surface area contributed by atoms with Gasteiger partial charge in [0.2, 0.25) is 0 Å². The zero-order valence-corrected chi connectivity index (χ0v) is 20.4. The van der Waals surface area contributed by atoms with Crippen LogP contribution in [0.2, 0.25) is 0 Å². The molecule has 0 aliphatic carbocycles. The number of ether oxygens (including phenoxy) is 1. The van der Waals surface area contributed by atoms with Crippen molar-refractivity contribution < 1.29 is 35.9 Å². The molecule has 1 aromatic rings. The van der Waals surface area contributed by atoms with Crippen LogP contribution in [0.25, 0.3) is 0 Å². The third-order valence-corrected chi connectivity index (χ3v) is 7.83. The topological polar surface area (TPSA) is 36.0 Å². The first-order chi connectivity index (χ1) is 16.9. The summed E-state index contributed by atoms with van der Waals surface area (Å²) in [7, 11) is 0. The number of carbonyl (C=O) groups is 1. The van der Waals surface area contributed by atoms with Crippen LogP contribution in [0.4, 0.5) is 36.8 Å². The van der Waals surface area contributed by atoms with Crippen molar-refractivity contribution in [3.63, 3.8) is 0 Å². The van der Waals surface area contributed by atoms with Gasteiger partial charge in [0.1, 0.15) is 0 Å². The summed E-state index contributed by atoms with van der Waals surface area (Å²) in [4.78, 5) is 17.7. The molecule has 1 aromatic carbocycles. The number of benzene rings is 1. The quantitative estimate of drug-likeness (QED) is 0.441. The number of piperidine rings is 2. The Morgan fingerprint density at radius 1 is 0.917 bits per heavy atom. The number of halogens is 6. The van der Waals surface area contributed by atoms with E-state index in [9.17, 15) is 31.1 Å². The number of anilines is 1. The first-order valence-corrected chi connectivity index (χ1v) is 12.6. The number of hydrogen-bond donors (Lipinski definition) is 0. The van der Waals surface area contributed by atoms with Crippen molar-refractivity contribution in [1.29, 1.82) is 0 Å². The number of amides is 1. The number of carbonyl (C=O) groups excluding carboxylic acids is 1. The van der Waals surface area contributed by atoms with Gasteiger partial charge in [-0.2, -0.15) is 26.3 Å². The van der Waals surface area contributed by atoms with Gasteiger partial charge in [-0.1, -0.05) is 0 Å². The Bertz CT molecular complexity index is 921. The minimum atomic E-state index is -4.62. The first-order valence-electron chi connectivity index (χ1n) is 12.6. The maximum absolute atomic E-state index is 13.7. The molecule has 11 heteroatoms. The molecule has 3 aliphatic heterocycles. The van der Waals surface area contributed by atoms with Gasteiger partial charge in [0.05, 0.1) is 5.56 Å². The maximum atomic E-state index is 13.7. The molecule has 0 N–H and O–H groups in total. The second-order valence-corrected chi connectivity index (χ2v) is 10.2. The molecule has 3 saturated heterocycles. The molecule has 36 heavy (non-hydrogen) atoms. The summed E-state index contributed by atoms with van der Waals surface area (Å²) in [5, 5.41) is 0. The van der Waals surface area contributed by atoms with Crippen LogP contribution in [0, 0.1) is 0 Å². The Balaban J connectivity index is 1.46. The predicted molar refractivity (Wildman–Crippen MR) is 123 cm³/mol. The van der Waals surface area contributed by atoms with Crippen molar-refractivity contribution in [3.05, 3.63) is 29.3 Å². The van der Waals surface area contributed by atoms with Gasteiger partial charge >= 0.3 is 18.4 Å². The molecule has 0 bridgehead atoms. The maximum Gasteiger partial charge on any atom is 0.425 e. The molecular formula is C25H33F6N3O2. The highest BCUT2D eigenvalue weighted by Gasteiger charge is 2.45. The van der Waals surface area contributed by atoms with Crippen molar-refractivity contribution in [2.24, 2.45) is 0 Å². The van der Waals surface area contributed by atoms with E-state index in [0.717, 1.165) is 58.7 Å². The third kappa shape index (κ3) is 6.03. The summed E-state index contributed by atoms with van der Waals surface area (Å²) in [5.74, 6) is 0. The van der Waals surface area contributed by atoms with Crippen molar-refractivity contribution in [2.75, 3.05) is 37.6 Å². The lowest BCUT2D eigenvalue weighted by atomic mass is 9.84. The molecule has 0 aromatic heterocycles. The van der Waals surface area contributed by atoms with Crippen LogP contribution < -0.4 is 4.90 Å². The summed E-state index contributed by atoms with van der Waals surface area (Å²) in [6.45, 7) is 3.88. The standard InChI is InChI=1S/C25H33F6N3O2/c1-18(24(26,27)28)36-22(35)33-12-7-23(8-13-33)6-5-11-34(23)17-19-14-20(25(29,30)31)16-21(15-19)32-9-3-2-4-10-32/h14-16,18H,2-13,17H2,1H3. The lowest BCUT2D eigenvalue weighted by Crippen LogP contribution is -2.53. The van der Waals surface area contributed by atoms with E-state index >= 15 is 0 Å². The van der Waals surface area contributed by atoms with Crippen LogP contribution in [0.15, 0.2) is 18.2 Å². The largest absolute Gasteiger partial charge is 0.437 e. The molecule has 1 amide bonds. The Labute approximate surface area is 207 Å². The van der Waals surface area contributed by atoms with Crippen LogP contribution in [0.5, 0.6) is 0 Å². The minimum Gasteiger partial charge on any atom is -0.437 e. The molecule has 5 nitrogen and oxygen atoms in total. The first kappa shape index (κ1) is 26.9. The van der Waals surface area contributed by atoms with Crippen LogP contribution in [-0.4, -0.2) is 66.4 Å². The normalized spacial score (nSPS) is 22.2. The number of rotatable bonds is 4. The average molecular weight is 522 g/mol. The van der Waals surface area contributed by atoms with E-state index in [-0.39, 0.29) is 18.6 Å². The smallest absolute Gasteiger partial charge is 0.425 e. The molecule has 3 fully saturated rings. The SMILES string of the molecule is CC(OC(=O)N1CCC2(CCCN2Cc2cc(N3CCCCC3)cc(C(F)(F)F)c2)CC1)C(F)(F)F. The van der Waals surface area contributed by atoms with Gasteiger partial charge in [-0.25, -0.2) is 4.79 Å². The van der Waals surface area contributed by atoms with E-state index in [1.54, 1.807) is 0 Å². The lowest BCUT2D eigenvalue weighted by molar-refractivity contribution is -0.200. The van der Waals surface area contributed by atoms with Crippen molar-refractivity contribution in [2.45, 2.75) is 82.4 Å². The lowest BCUT2D eigenvalue weighted by Gasteiger charge is -2.45. The summed E-state index contributed by atoms with van der Waals surface area (Å²) in [6, 6.07) is 4.32.